The number of hydrogen-bond donors (Lipinski definition) is 1. The normalized spacial score (nSPS) is 10.6. The van der Waals surface area contributed by atoms with Crippen LogP contribution in [0.15, 0.2) is 73.2 Å². The first-order valence-corrected chi connectivity index (χ1v) is 9.80. The predicted octanol–water partition coefficient (Wildman–Crippen LogP) is 4.74. The van der Waals surface area contributed by atoms with Crippen molar-refractivity contribution in [1.82, 2.24) is 19.9 Å². The third-order valence-electron chi connectivity index (χ3n) is 4.79. The molecule has 0 bridgehead atoms. The zero-order chi connectivity index (χ0) is 20.8. The highest BCUT2D eigenvalue weighted by molar-refractivity contribution is 5.56. The summed E-state index contributed by atoms with van der Waals surface area (Å²) in [6.45, 7) is 5.17. The minimum absolute atomic E-state index is 0.501. The Kier molecular flexibility index (Phi) is 5.94. The molecule has 0 radical (unpaired) electrons. The Morgan fingerprint density at radius 2 is 1.73 bits per heavy atom. The van der Waals surface area contributed by atoms with Crippen molar-refractivity contribution in [2.75, 3.05) is 5.32 Å². The number of ether oxygens (including phenoxy) is 1. The highest BCUT2D eigenvalue weighted by atomic mass is 16.5. The van der Waals surface area contributed by atoms with E-state index in [0.29, 0.717) is 19.0 Å². The summed E-state index contributed by atoms with van der Waals surface area (Å²) in [4.78, 5) is 17.7. The van der Waals surface area contributed by atoms with Crippen LogP contribution in [0, 0.1) is 13.8 Å². The number of hydrogen-bond acceptors (Lipinski definition) is 6. The number of aryl methyl sites for hydroxylation is 1. The maximum Gasteiger partial charge on any atom is 0.180 e. The molecule has 1 N–H and O–H groups in total. The average molecular weight is 397 g/mol. The summed E-state index contributed by atoms with van der Waals surface area (Å²) in [6.07, 6.45) is 5.31. The van der Waals surface area contributed by atoms with Crippen LogP contribution >= 0.6 is 0 Å². The van der Waals surface area contributed by atoms with Crippen molar-refractivity contribution >= 4 is 5.82 Å². The molecule has 0 unspecified atom stereocenters. The zero-order valence-electron chi connectivity index (χ0n) is 17.0. The Morgan fingerprint density at radius 3 is 2.47 bits per heavy atom. The number of benzene rings is 1. The minimum Gasteiger partial charge on any atom is -0.489 e. The first-order valence-electron chi connectivity index (χ1n) is 9.80. The van der Waals surface area contributed by atoms with E-state index in [2.05, 4.69) is 37.4 Å². The van der Waals surface area contributed by atoms with E-state index in [-0.39, 0.29) is 0 Å². The summed E-state index contributed by atoms with van der Waals surface area (Å²) < 4.78 is 5.82. The number of nitrogens with one attached hydrogen (secondary N) is 1. The van der Waals surface area contributed by atoms with Crippen molar-refractivity contribution in [3.05, 3.63) is 95.6 Å². The molecule has 4 aromatic rings. The van der Waals surface area contributed by atoms with Crippen molar-refractivity contribution in [2.45, 2.75) is 27.0 Å². The second-order valence-corrected chi connectivity index (χ2v) is 6.97. The lowest BCUT2D eigenvalue weighted by molar-refractivity contribution is 0.305. The summed E-state index contributed by atoms with van der Waals surface area (Å²) in [6, 6.07) is 17.7. The maximum absolute atomic E-state index is 5.82. The van der Waals surface area contributed by atoms with Gasteiger partial charge in [-0.15, -0.1) is 0 Å². The van der Waals surface area contributed by atoms with Gasteiger partial charge in [0.2, 0.25) is 0 Å². The van der Waals surface area contributed by atoms with Gasteiger partial charge in [0.25, 0.3) is 0 Å². The summed E-state index contributed by atoms with van der Waals surface area (Å²) in [5, 5.41) is 3.43. The van der Waals surface area contributed by atoms with Gasteiger partial charge in [-0.05, 0) is 49.7 Å². The molecule has 3 heterocycles. The molecule has 0 aliphatic rings. The largest absolute Gasteiger partial charge is 0.489 e. The van der Waals surface area contributed by atoms with Crippen molar-refractivity contribution < 1.29 is 4.74 Å². The van der Waals surface area contributed by atoms with Crippen LogP contribution in [0.5, 0.6) is 5.75 Å². The smallest absolute Gasteiger partial charge is 0.180 e. The molecule has 30 heavy (non-hydrogen) atoms. The fraction of sp³-hybridized carbons (Fsp3) is 0.167. The van der Waals surface area contributed by atoms with Crippen molar-refractivity contribution in [3.63, 3.8) is 0 Å². The number of rotatable bonds is 7. The van der Waals surface area contributed by atoms with Gasteiger partial charge in [-0.25, -0.2) is 9.97 Å². The van der Waals surface area contributed by atoms with E-state index in [1.54, 1.807) is 12.4 Å². The molecule has 6 heteroatoms. The van der Waals surface area contributed by atoms with E-state index in [1.807, 2.05) is 62.5 Å². The Morgan fingerprint density at radius 1 is 0.867 bits per heavy atom. The molecule has 6 nitrogen and oxygen atoms in total. The number of anilines is 1. The maximum atomic E-state index is 5.82. The fourth-order valence-electron chi connectivity index (χ4n) is 2.95. The Labute approximate surface area is 176 Å². The van der Waals surface area contributed by atoms with Gasteiger partial charge in [0.05, 0.1) is 0 Å². The standard InChI is InChI=1S/C24H23N5O/c1-17-18(2)28-24(22-7-3-4-13-26-22)29-23(17)27-15-19-8-10-21(11-9-19)30-16-20-6-5-12-25-14-20/h3-14H,15-16H2,1-2H3,(H,27,28,29). The van der Waals surface area contributed by atoms with Crippen LogP contribution in [0.4, 0.5) is 5.82 Å². The van der Waals surface area contributed by atoms with Gasteiger partial charge in [-0.1, -0.05) is 24.3 Å². The molecule has 0 saturated heterocycles. The quantitative estimate of drug-likeness (QED) is 0.485. The zero-order valence-corrected chi connectivity index (χ0v) is 17.0. The second kappa shape index (κ2) is 9.13. The van der Waals surface area contributed by atoms with Gasteiger partial charge in [0.1, 0.15) is 23.9 Å². The van der Waals surface area contributed by atoms with Crippen LogP contribution < -0.4 is 10.1 Å². The molecular formula is C24H23N5O. The Bertz CT molecular complexity index is 1100. The molecule has 150 valence electrons. The van der Waals surface area contributed by atoms with Gasteiger partial charge in [-0.3, -0.25) is 9.97 Å². The lowest BCUT2D eigenvalue weighted by Gasteiger charge is -2.13. The molecule has 0 amide bonds. The summed E-state index contributed by atoms with van der Waals surface area (Å²) in [5.74, 6) is 2.27. The molecule has 0 fully saturated rings. The molecule has 3 aromatic heterocycles. The topological polar surface area (TPSA) is 72.8 Å². The van der Waals surface area contributed by atoms with E-state index in [1.165, 1.54) is 0 Å². The molecule has 0 spiro atoms. The molecule has 0 aliphatic carbocycles. The molecule has 0 saturated carbocycles. The molecule has 0 atom stereocenters. The summed E-state index contributed by atoms with van der Waals surface area (Å²) in [5.41, 5.74) is 4.91. The van der Waals surface area contributed by atoms with Crippen LogP contribution in [0.25, 0.3) is 11.5 Å². The Hall–Kier alpha value is -3.80. The SMILES string of the molecule is Cc1nc(-c2ccccn2)nc(NCc2ccc(OCc3cccnc3)cc2)c1C. The predicted molar refractivity (Wildman–Crippen MR) is 117 cm³/mol. The van der Waals surface area contributed by atoms with E-state index in [0.717, 1.165) is 39.6 Å². The summed E-state index contributed by atoms with van der Waals surface area (Å²) >= 11 is 0. The highest BCUT2D eigenvalue weighted by Crippen LogP contribution is 2.21. The first kappa shape index (κ1) is 19.5. The number of aromatic nitrogens is 4. The van der Waals surface area contributed by atoms with E-state index < -0.39 is 0 Å². The second-order valence-electron chi connectivity index (χ2n) is 6.97. The van der Waals surface area contributed by atoms with Crippen LogP contribution in [-0.2, 0) is 13.2 Å². The van der Waals surface area contributed by atoms with Crippen molar-refractivity contribution in [1.29, 1.82) is 0 Å². The van der Waals surface area contributed by atoms with E-state index >= 15 is 0 Å². The van der Waals surface area contributed by atoms with Crippen LogP contribution in [0.1, 0.15) is 22.4 Å². The van der Waals surface area contributed by atoms with Crippen LogP contribution in [-0.4, -0.2) is 19.9 Å². The van der Waals surface area contributed by atoms with Gasteiger partial charge < -0.3 is 10.1 Å². The molecule has 4 rings (SSSR count). The van der Waals surface area contributed by atoms with Crippen molar-refractivity contribution in [3.8, 4) is 17.3 Å². The Balaban J connectivity index is 1.41. The molecular weight excluding hydrogens is 374 g/mol. The molecule has 0 aliphatic heterocycles. The third kappa shape index (κ3) is 4.78. The van der Waals surface area contributed by atoms with Gasteiger partial charge in [-0.2, -0.15) is 0 Å². The number of nitrogens with zero attached hydrogens (tertiary/aromatic N) is 4. The monoisotopic (exact) mass is 397 g/mol. The fourth-order valence-corrected chi connectivity index (χ4v) is 2.95. The van der Waals surface area contributed by atoms with Gasteiger partial charge in [0.15, 0.2) is 5.82 Å². The van der Waals surface area contributed by atoms with Crippen molar-refractivity contribution in [2.24, 2.45) is 0 Å². The number of pyridine rings is 2. The van der Waals surface area contributed by atoms with E-state index in [9.17, 15) is 0 Å². The average Bonchev–Trinajstić information content (AvgIpc) is 2.80. The van der Waals surface area contributed by atoms with Gasteiger partial charge in [0, 0.05) is 42.0 Å². The lowest BCUT2D eigenvalue weighted by Crippen LogP contribution is -2.07. The van der Waals surface area contributed by atoms with Gasteiger partial charge >= 0.3 is 0 Å². The molecule has 1 aromatic carbocycles. The minimum atomic E-state index is 0.501. The van der Waals surface area contributed by atoms with E-state index in [4.69, 9.17) is 4.74 Å². The summed E-state index contributed by atoms with van der Waals surface area (Å²) in [7, 11) is 0. The van der Waals surface area contributed by atoms with Crippen LogP contribution in [0.2, 0.25) is 0 Å². The van der Waals surface area contributed by atoms with Crippen LogP contribution in [0.3, 0.4) is 0 Å². The lowest BCUT2D eigenvalue weighted by atomic mass is 10.2. The highest BCUT2D eigenvalue weighted by Gasteiger charge is 2.10. The first-order chi connectivity index (χ1) is 14.7. The third-order valence-corrected chi connectivity index (χ3v) is 4.79.